The number of carboxylic acid groups (broad SMARTS) is 1. The molecule has 0 bridgehead atoms. The zero-order chi connectivity index (χ0) is 13.5. The first-order valence-electron chi connectivity index (χ1n) is 5.16. The zero-order valence-electron chi connectivity index (χ0n) is 9.45. The minimum absolute atomic E-state index is 0.202. The van der Waals surface area contributed by atoms with Crippen LogP contribution in [0.15, 0.2) is 24.3 Å². The van der Waals surface area contributed by atoms with Crippen LogP contribution < -0.4 is 0 Å². The van der Waals surface area contributed by atoms with Crippen molar-refractivity contribution in [3.8, 4) is 0 Å². The average Bonchev–Trinajstić information content (AvgIpc) is 2.54. The number of fused-ring (bicyclic) bond motifs is 1. The Morgan fingerprint density at radius 2 is 2.00 bits per heavy atom. The maximum atomic E-state index is 12.7. The van der Waals surface area contributed by atoms with E-state index in [4.69, 9.17) is 5.11 Å². The smallest absolute Gasteiger partial charge is 0.431 e. The number of aryl methyl sites for hydroxylation is 1. The van der Waals surface area contributed by atoms with Crippen LogP contribution in [0.25, 0.3) is 10.9 Å². The third kappa shape index (κ3) is 2.18. The maximum Gasteiger partial charge on any atom is 0.431 e. The Balaban J connectivity index is 2.55. The monoisotopic (exact) mass is 257 g/mol. The predicted octanol–water partition coefficient (Wildman–Crippen LogP) is 2.82. The van der Waals surface area contributed by atoms with Gasteiger partial charge in [-0.25, -0.2) is 0 Å². The van der Waals surface area contributed by atoms with Crippen molar-refractivity contribution in [2.75, 3.05) is 0 Å². The van der Waals surface area contributed by atoms with Gasteiger partial charge in [0, 0.05) is 18.0 Å². The van der Waals surface area contributed by atoms with Crippen molar-refractivity contribution in [2.45, 2.75) is 12.6 Å². The molecule has 1 N–H and O–H groups in total. The van der Waals surface area contributed by atoms with Crippen LogP contribution >= 0.6 is 0 Å². The van der Waals surface area contributed by atoms with Gasteiger partial charge in [0.05, 0.1) is 6.42 Å². The van der Waals surface area contributed by atoms with E-state index in [9.17, 15) is 18.0 Å². The fourth-order valence-corrected chi connectivity index (χ4v) is 1.96. The number of aliphatic carboxylic acids is 1. The molecule has 3 nitrogen and oxygen atoms in total. The summed E-state index contributed by atoms with van der Waals surface area (Å²) in [5.41, 5.74) is 0.163. The van der Waals surface area contributed by atoms with Crippen LogP contribution in [0.5, 0.6) is 0 Å². The van der Waals surface area contributed by atoms with Crippen LogP contribution in [0.3, 0.4) is 0 Å². The number of carbonyl (C=O) groups is 1. The van der Waals surface area contributed by atoms with Crippen LogP contribution in [0.2, 0.25) is 0 Å². The lowest BCUT2D eigenvalue weighted by molar-refractivity contribution is -0.142. The standard InChI is InChI=1S/C12H10F3NO2/c1-16-9-3-2-7(5-11(17)18)4-8(9)6-10(16)12(13,14)15/h2-4,6H,5H2,1H3,(H,17,18). The second kappa shape index (κ2) is 4.04. The first kappa shape index (κ1) is 12.5. The molecule has 0 aliphatic carbocycles. The SMILES string of the molecule is Cn1c(C(F)(F)F)cc2cc(CC(=O)O)ccc21. The van der Waals surface area contributed by atoms with Gasteiger partial charge in [-0.05, 0) is 23.8 Å². The Bertz CT molecular complexity index is 614. The quantitative estimate of drug-likeness (QED) is 0.898. The van der Waals surface area contributed by atoms with Crippen molar-refractivity contribution >= 4 is 16.9 Å². The number of halogens is 3. The van der Waals surface area contributed by atoms with E-state index in [1.807, 2.05) is 0 Å². The number of hydrogen-bond donors (Lipinski definition) is 1. The molecule has 0 atom stereocenters. The van der Waals surface area contributed by atoms with Gasteiger partial charge in [-0.3, -0.25) is 4.79 Å². The summed E-state index contributed by atoms with van der Waals surface area (Å²) in [6.07, 6.45) is -4.62. The molecule has 0 saturated heterocycles. The summed E-state index contributed by atoms with van der Waals surface area (Å²) in [6, 6.07) is 5.53. The van der Waals surface area contributed by atoms with Crippen molar-refractivity contribution in [3.63, 3.8) is 0 Å². The number of nitrogens with zero attached hydrogens (tertiary/aromatic N) is 1. The lowest BCUT2D eigenvalue weighted by Gasteiger charge is -2.07. The molecule has 0 spiro atoms. The van der Waals surface area contributed by atoms with Crippen LogP contribution in [-0.2, 0) is 24.4 Å². The number of rotatable bonds is 2. The highest BCUT2D eigenvalue weighted by molar-refractivity contribution is 5.83. The highest BCUT2D eigenvalue weighted by Gasteiger charge is 2.34. The fourth-order valence-electron chi connectivity index (χ4n) is 1.96. The molecule has 1 heterocycles. The molecule has 1 aromatic carbocycles. The number of hydrogen-bond acceptors (Lipinski definition) is 1. The van der Waals surface area contributed by atoms with Crippen molar-refractivity contribution < 1.29 is 23.1 Å². The van der Waals surface area contributed by atoms with Crippen molar-refractivity contribution in [1.29, 1.82) is 0 Å². The lowest BCUT2D eigenvalue weighted by Crippen LogP contribution is -2.10. The van der Waals surface area contributed by atoms with E-state index in [-0.39, 0.29) is 6.42 Å². The van der Waals surface area contributed by atoms with E-state index in [0.29, 0.717) is 16.5 Å². The van der Waals surface area contributed by atoms with Gasteiger partial charge in [0.2, 0.25) is 0 Å². The minimum atomic E-state index is -4.42. The molecule has 96 valence electrons. The van der Waals surface area contributed by atoms with Gasteiger partial charge in [0.15, 0.2) is 0 Å². The first-order valence-corrected chi connectivity index (χ1v) is 5.16. The van der Waals surface area contributed by atoms with Gasteiger partial charge in [0.25, 0.3) is 0 Å². The summed E-state index contributed by atoms with van der Waals surface area (Å²) in [5.74, 6) is -1.01. The average molecular weight is 257 g/mol. The molecule has 0 aliphatic heterocycles. The lowest BCUT2D eigenvalue weighted by atomic mass is 10.1. The Labute approximate surface area is 100 Å². The number of benzene rings is 1. The van der Waals surface area contributed by atoms with Crippen molar-refractivity contribution in [1.82, 2.24) is 4.57 Å². The molecule has 2 aromatic rings. The third-order valence-electron chi connectivity index (χ3n) is 2.75. The topological polar surface area (TPSA) is 42.2 Å². The fraction of sp³-hybridized carbons (Fsp3) is 0.250. The molecule has 18 heavy (non-hydrogen) atoms. The second-order valence-corrected chi connectivity index (χ2v) is 4.05. The number of alkyl halides is 3. The molecule has 0 unspecified atom stereocenters. The van der Waals surface area contributed by atoms with E-state index >= 15 is 0 Å². The van der Waals surface area contributed by atoms with Gasteiger partial charge in [0.1, 0.15) is 5.69 Å². The first-order chi connectivity index (χ1) is 8.29. The van der Waals surface area contributed by atoms with E-state index < -0.39 is 17.8 Å². The summed E-state index contributed by atoms with van der Waals surface area (Å²) in [6.45, 7) is 0. The maximum absolute atomic E-state index is 12.7. The van der Waals surface area contributed by atoms with Gasteiger partial charge < -0.3 is 9.67 Å². The van der Waals surface area contributed by atoms with Crippen LogP contribution in [0.4, 0.5) is 13.2 Å². The predicted molar refractivity (Wildman–Crippen MR) is 59.3 cm³/mol. The molecule has 0 saturated carbocycles. The van der Waals surface area contributed by atoms with Gasteiger partial charge in [-0.2, -0.15) is 13.2 Å². The van der Waals surface area contributed by atoms with Crippen LogP contribution in [0, 0.1) is 0 Å². The molecule has 0 radical (unpaired) electrons. The largest absolute Gasteiger partial charge is 0.481 e. The Kier molecular flexibility index (Phi) is 2.80. The normalized spacial score (nSPS) is 12.0. The van der Waals surface area contributed by atoms with Crippen LogP contribution in [0.1, 0.15) is 11.3 Å². The summed E-state index contributed by atoms with van der Waals surface area (Å²) in [7, 11) is 1.34. The number of carboxylic acids is 1. The summed E-state index contributed by atoms with van der Waals surface area (Å²) >= 11 is 0. The molecular weight excluding hydrogens is 247 g/mol. The second-order valence-electron chi connectivity index (χ2n) is 4.05. The van der Waals surface area contributed by atoms with Gasteiger partial charge in [-0.15, -0.1) is 0 Å². The molecule has 2 rings (SSSR count). The Morgan fingerprint density at radius 3 is 2.56 bits per heavy atom. The number of aromatic nitrogens is 1. The van der Waals surface area contributed by atoms with Crippen molar-refractivity contribution in [3.05, 3.63) is 35.5 Å². The summed E-state index contributed by atoms with van der Waals surface area (Å²) in [5, 5.41) is 9.04. The third-order valence-corrected chi connectivity index (χ3v) is 2.75. The van der Waals surface area contributed by atoms with E-state index in [0.717, 1.165) is 10.6 Å². The molecule has 0 amide bonds. The van der Waals surface area contributed by atoms with Gasteiger partial charge >= 0.3 is 12.1 Å². The molecule has 1 aromatic heterocycles. The minimum Gasteiger partial charge on any atom is -0.481 e. The molecule has 6 heteroatoms. The molecule has 0 aliphatic rings. The highest BCUT2D eigenvalue weighted by Crippen LogP contribution is 2.33. The Morgan fingerprint density at radius 1 is 1.33 bits per heavy atom. The summed E-state index contributed by atoms with van der Waals surface area (Å²) in [4.78, 5) is 10.6. The summed E-state index contributed by atoms with van der Waals surface area (Å²) < 4.78 is 39.1. The van der Waals surface area contributed by atoms with E-state index in [2.05, 4.69) is 0 Å². The van der Waals surface area contributed by atoms with Gasteiger partial charge in [-0.1, -0.05) is 6.07 Å². The Hall–Kier alpha value is -1.98. The van der Waals surface area contributed by atoms with Crippen molar-refractivity contribution in [2.24, 2.45) is 7.05 Å². The molecule has 0 fully saturated rings. The molecular formula is C12H10F3NO2. The van der Waals surface area contributed by atoms with E-state index in [1.54, 1.807) is 0 Å². The zero-order valence-corrected chi connectivity index (χ0v) is 9.45. The van der Waals surface area contributed by atoms with Crippen LogP contribution in [-0.4, -0.2) is 15.6 Å². The highest BCUT2D eigenvalue weighted by atomic mass is 19.4. The van der Waals surface area contributed by atoms with E-state index in [1.165, 1.54) is 25.2 Å².